The Balaban J connectivity index is 1.67. The van der Waals surface area contributed by atoms with Crippen LogP contribution in [0.25, 0.3) is 11.1 Å². The first-order valence-corrected chi connectivity index (χ1v) is 11.4. The summed E-state index contributed by atoms with van der Waals surface area (Å²) in [5, 5.41) is 7.71. The first-order valence-electron chi connectivity index (χ1n) is 11.4. The Bertz CT molecular complexity index is 1200. The van der Waals surface area contributed by atoms with Crippen LogP contribution in [0.15, 0.2) is 42.7 Å². The molecule has 1 aromatic carbocycles. The van der Waals surface area contributed by atoms with E-state index >= 15 is 0 Å². The smallest absolute Gasteiger partial charge is 0.266 e. The number of halogens is 2. The van der Waals surface area contributed by atoms with E-state index in [1.165, 1.54) is 0 Å². The van der Waals surface area contributed by atoms with Gasteiger partial charge in [0, 0.05) is 37.0 Å². The molecule has 4 heterocycles. The van der Waals surface area contributed by atoms with E-state index in [4.69, 9.17) is 0 Å². The maximum Gasteiger partial charge on any atom is 0.266 e. The van der Waals surface area contributed by atoms with Gasteiger partial charge in [0.1, 0.15) is 0 Å². The monoisotopic (exact) mass is 451 g/mol. The summed E-state index contributed by atoms with van der Waals surface area (Å²) in [5.41, 5.74) is 4.65. The van der Waals surface area contributed by atoms with Gasteiger partial charge in [-0.25, -0.2) is 13.8 Å². The second-order valence-corrected chi connectivity index (χ2v) is 9.11. The molecule has 172 valence electrons. The number of carbonyl (C=O) groups excluding carboxylic acids is 1. The van der Waals surface area contributed by atoms with Crippen molar-refractivity contribution in [2.75, 3.05) is 23.3 Å². The Morgan fingerprint density at radius 1 is 1.09 bits per heavy atom. The van der Waals surface area contributed by atoms with Crippen LogP contribution in [-0.4, -0.2) is 39.7 Å². The lowest BCUT2D eigenvalue weighted by Gasteiger charge is -2.23. The van der Waals surface area contributed by atoms with Gasteiger partial charge in [-0.3, -0.25) is 9.48 Å². The van der Waals surface area contributed by atoms with Crippen LogP contribution in [0.2, 0.25) is 0 Å². The molecule has 2 aromatic heterocycles. The highest BCUT2D eigenvalue weighted by molar-refractivity contribution is 6.09. The lowest BCUT2D eigenvalue weighted by Crippen LogP contribution is -2.27. The van der Waals surface area contributed by atoms with Crippen molar-refractivity contribution in [3.63, 3.8) is 0 Å². The quantitative estimate of drug-likeness (QED) is 0.588. The molecule has 1 amide bonds. The zero-order chi connectivity index (χ0) is 23.2. The minimum Gasteiger partial charge on any atom is -0.349 e. The van der Waals surface area contributed by atoms with Gasteiger partial charge >= 0.3 is 0 Å². The van der Waals surface area contributed by atoms with Crippen LogP contribution in [0.5, 0.6) is 0 Å². The fourth-order valence-electron chi connectivity index (χ4n) is 4.65. The molecule has 6 nitrogen and oxygen atoms in total. The lowest BCUT2D eigenvalue weighted by molar-refractivity contribution is 0.0257. The Kier molecular flexibility index (Phi) is 5.38. The number of anilines is 2. The Morgan fingerprint density at radius 2 is 1.91 bits per heavy atom. The van der Waals surface area contributed by atoms with E-state index < -0.39 is 12.5 Å². The molecule has 0 spiro atoms. The third-order valence-electron chi connectivity index (χ3n) is 6.39. The molecular formula is C25H27F2N5O. The first-order chi connectivity index (χ1) is 15.8. The predicted octanol–water partition coefficient (Wildman–Crippen LogP) is 5.11. The summed E-state index contributed by atoms with van der Waals surface area (Å²) in [6.07, 6.45) is 5.52. The maximum absolute atomic E-state index is 14.1. The Hall–Kier alpha value is -3.29. The largest absolute Gasteiger partial charge is 0.349 e. The van der Waals surface area contributed by atoms with E-state index in [1.807, 2.05) is 38.1 Å². The number of amides is 1. The van der Waals surface area contributed by atoms with Crippen molar-refractivity contribution in [3.05, 3.63) is 59.5 Å². The van der Waals surface area contributed by atoms with E-state index in [0.717, 1.165) is 35.2 Å². The topological polar surface area (TPSA) is 63.1 Å². The highest BCUT2D eigenvalue weighted by atomic mass is 19.3. The summed E-state index contributed by atoms with van der Waals surface area (Å²) in [6, 6.07) is 10.0. The third kappa shape index (κ3) is 4.10. The molecule has 0 bridgehead atoms. The number of rotatable bonds is 2. The molecule has 3 aromatic rings. The fraction of sp³-hybridized carbons (Fsp3) is 0.400. The number of alkyl halides is 2. The third-order valence-corrected chi connectivity index (χ3v) is 6.39. The average molecular weight is 452 g/mol. The Morgan fingerprint density at radius 3 is 2.67 bits per heavy atom. The highest BCUT2D eigenvalue weighted by Gasteiger charge is 2.40. The van der Waals surface area contributed by atoms with Crippen molar-refractivity contribution in [2.45, 2.75) is 51.5 Å². The molecule has 2 aliphatic rings. The summed E-state index contributed by atoms with van der Waals surface area (Å²) in [5.74, 6) is -2.69. The van der Waals surface area contributed by atoms with Crippen LogP contribution in [0.1, 0.15) is 54.3 Å². The molecule has 5 rings (SSSR count). The Labute approximate surface area is 191 Å². The molecule has 0 atom stereocenters. The van der Waals surface area contributed by atoms with Gasteiger partial charge < -0.3 is 10.2 Å². The summed E-state index contributed by atoms with van der Waals surface area (Å²) in [7, 11) is 0. The minimum absolute atomic E-state index is 0.121. The SMILES string of the molecule is CC(C)n1cc2c(n1)CCCc1ccccc1-c1ccnc(N3CCC(F)(F)C3)c1NC2=O. The van der Waals surface area contributed by atoms with Crippen molar-refractivity contribution >= 4 is 17.4 Å². The lowest BCUT2D eigenvalue weighted by atomic mass is 9.95. The van der Waals surface area contributed by atoms with Gasteiger partial charge in [-0.05, 0) is 50.3 Å². The molecule has 1 saturated heterocycles. The average Bonchev–Trinajstić information content (AvgIpc) is 3.37. The molecule has 0 aliphatic carbocycles. The molecular weight excluding hydrogens is 424 g/mol. The number of nitrogens with zero attached hydrogens (tertiary/aromatic N) is 4. The van der Waals surface area contributed by atoms with Crippen molar-refractivity contribution in [3.8, 4) is 11.1 Å². The summed E-state index contributed by atoms with van der Waals surface area (Å²) < 4.78 is 29.9. The van der Waals surface area contributed by atoms with Crippen LogP contribution >= 0.6 is 0 Å². The second-order valence-electron chi connectivity index (χ2n) is 9.11. The van der Waals surface area contributed by atoms with Gasteiger partial charge in [0.25, 0.3) is 11.8 Å². The number of nitrogens with one attached hydrogen (secondary N) is 1. The van der Waals surface area contributed by atoms with Gasteiger partial charge in [0.15, 0.2) is 5.82 Å². The summed E-state index contributed by atoms with van der Waals surface area (Å²) >= 11 is 0. The van der Waals surface area contributed by atoms with E-state index in [0.29, 0.717) is 23.5 Å². The number of aromatic nitrogens is 3. The summed E-state index contributed by atoms with van der Waals surface area (Å²) in [6.45, 7) is 3.81. The zero-order valence-electron chi connectivity index (χ0n) is 18.8. The minimum atomic E-state index is -2.77. The van der Waals surface area contributed by atoms with Crippen LogP contribution in [0.3, 0.4) is 0 Å². The van der Waals surface area contributed by atoms with Crippen LogP contribution in [0.4, 0.5) is 20.3 Å². The van der Waals surface area contributed by atoms with Crippen molar-refractivity contribution in [2.24, 2.45) is 0 Å². The van der Waals surface area contributed by atoms with Gasteiger partial charge in [-0.15, -0.1) is 0 Å². The second kappa shape index (κ2) is 8.24. The van der Waals surface area contributed by atoms with E-state index in [1.54, 1.807) is 22.0 Å². The first kappa shape index (κ1) is 21.6. The number of aryl methyl sites for hydroxylation is 2. The maximum atomic E-state index is 14.1. The van der Waals surface area contributed by atoms with Crippen LogP contribution in [-0.2, 0) is 12.8 Å². The standard InChI is InChI=1S/C25H27F2N5O/c1-16(2)32-14-20-21(30-32)9-5-7-17-6-3-4-8-18(17)19-10-12-28-23(22(19)29-24(20)33)31-13-11-25(26,27)15-31/h3-4,6,8,10,12,14,16H,5,7,9,11,13,15H2,1-2H3,(H,29,33). The molecule has 1 fully saturated rings. The van der Waals surface area contributed by atoms with Crippen molar-refractivity contribution in [1.82, 2.24) is 14.8 Å². The zero-order valence-corrected chi connectivity index (χ0v) is 18.8. The van der Waals surface area contributed by atoms with Gasteiger partial charge in [0.05, 0.1) is 23.5 Å². The molecule has 8 heteroatoms. The molecule has 2 aliphatic heterocycles. The van der Waals surface area contributed by atoms with Crippen molar-refractivity contribution < 1.29 is 13.6 Å². The fourth-order valence-corrected chi connectivity index (χ4v) is 4.65. The number of fused-ring (bicyclic) bond motifs is 4. The molecule has 0 saturated carbocycles. The van der Waals surface area contributed by atoms with Crippen LogP contribution in [0, 0.1) is 0 Å². The van der Waals surface area contributed by atoms with Crippen LogP contribution < -0.4 is 10.2 Å². The van der Waals surface area contributed by atoms with E-state index in [-0.39, 0.29) is 24.9 Å². The van der Waals surface area contributed by atoms with E-state index in [2.05, 4.69) is 21.5 Å². The van der Waals surface area contributed by atoms with Gasteiger partial charge in [-0.2, -0.15) is 5.10 Å². The van der Waals surface area contributed by atoms with Gasteiger partial charge in [-0.1, -0.05) is 24.3 Å². The van der Waals surface area contributed by atoms with Crippen molar-refractivity contribution in [1.29, 1.82) is 0 Å². The number of benzene rings is 1. The molecule has 33 heavy (non-hydrogen) atoms. The number of carbonyl (C=O) groups is 1. The normalized spacial score (nSPS) is 17.7. The number of hydrogen-bond donors (Lipinski definition) is 1. The molecule has 0 radical (unpaired) electrons. The predicted molar refractivity (Wildman–Crippen MR) is 124 cm³/mol. The number of pyridine rings is 1. The number of hydrogen-bond acceptors (Lipinski definition) is 4. The highest BCUT2D eigenvalue weighted by Crippen LogP contribution is 2.40. The summed E-state index contributed by atoms with van der Waals surface area (Å²) in [4.78, 5) is 19.5. The van der Waals surface area contributed by atoms with Gasteiger partial charge in [0.2, 0.25) is 0 Å². The molecule has 0 unspecified atom stereocenters. The van der Waals surface area contributed by atoms with E-state index in [9.17, 15) is 13.6 Å². The molecule has 1 N–H and O–H groups in total.